The Morgan fingerprint density at radius 1 is 1.29 bits per heavy atom. The van der Waals surface area contributed by atoms with Crippen molar-refractivity contribution in [3.05, 3.63) is 29.3 Å². The first-order valence-electron chi connectivity index (χ1n) is 7.52. The molecule has 1 rings (SSSR count). The molecule has 0 fully saturated rings. The van der Waals surface area contributed by atoms with E-state index >= 15 is 0 Å². The van der Waals surface area contributed by atoms with Crippen LogP contribution in [0, 0.1) is 0 Å². The summed E-state index contributed by atoms with van der Waals surface area (Å²) in [5.74, 6) is 1.53. The zero-order chi connectivity index (χ0) is 17.2. The van der Waals surface area contributed by atoms with E-state index in [-0.39, 0.29) is 42.5 Å². The quantitative estimate of drug-likeness (QED) is 0.205. The summed E-state index contributed by atoms with van der Waals surface area (Å²) in [5, 5.41) is 7.21. The van der Waals surface area contributed by atoms with Gasteiger partial charge in [-0.25, -0.2) is 4.99 Å². The molecule has 8 heteroatoms. The number of carbonyl (C=O) groups excluding carboxylic acids is 1. The van der Waals surface area contributed by atoms with Gasteiger partial charge >= 0.3 is 0 Å². The average Bonchev–Trinajstić information content (AvgIpc) is 2.49. The van der Waals surface area contributed by atoms with Crippen LogP contribution in [0.25, 0.3) is 0 Å². The largest absolute Gasteiger partial charge is 0.356 e. The Bertz CT molecular complexity index is 523. The van der Waals surface area contributed by atoms with Crippen LogP contribution in [0.2, 0.25) is 5.02 Å². The Hall–Kier alpha value is -0.670. The molecule has 1 aromatic carbocycles. The van der Waals surface area contributed by atoms with Crippen LogP contribution in [-0.2, 0) is 4.79 Å². The van der Waals surface area contributed by atoms with E-state index < -0.39 is 0 Å². The summed E-state index contributed by atoms with van der Waals surface area (Å²) in [7, 11) is 3.45. The molecule has 24 heavy (non-hydrogen) atoms. The number of likely N-dealkylation sites (N-methyl/N-ethyl adjacent to an activating group) is 1. The lowest BCUT2D eigenvalue weighted by atomic mass is 10.4. The number of hydrogen-bond donors (Lipinski definition) is 2. The van der Waals surface area contributed by atoms with Crippen molar-refractivity contribution in [1.29, 1.82) is 0 Å². The third kappa shape index (κ3) is 10.2. The maximum atomic E-state index is 11.6. The Kier molecular flexibility index (Phi) is 12.3. The maximum absolute atomic E-state index is 11.6. The molecule has 0 bridgehead atoms. The van der Waals surface area contributed by atoms with Gasteiger partial charge in [0.1, 0.15) is 6.54 Å². The second-order valence-electron chi connectivity index (χ2n) is 5.48. The van der Waals surface area contributed by atoms with Crippen LogP contribution in [-0.4, -0.2) is 55.7 Å². The predicted molar refractivity (Wildman–Crippen MR) is 115 cm³/mol. The highest BCUT2D eigenvalue weighted by atomic mass is 127. The van der Waals surface area contributed by atoms with Crippen LogP contribution in [0.5, 0.6) is 0 Å². The SMILES string of the molecule is CC(C)NC(=NCC(=O)N(C)C)NCCSc1ccc(Cl)cc1.I. The molecule has 136 valence electrons. The summed E-state index contributed by atoms with van der Waals surface area (Å²) in [6.45, 7) is 4.96. The summed E-state index contributed by atoms with van der Waals surface area (Å²) in [5.41, 5.74) is 0. The first-order chi connectivity index (χ1) is 10.9. The Balaban J connectivity index is 0.00000529. The van der Waals surface area contributed by atoms with E-state index in [1.54, 1.807) is 25.9 Å². The van der Waals surface area contributed by atoms with E-state index in [1.165, 1.54) is 9.80 Å². The number of nitrogens with zero attached hydrogens (tertiary/aromatic N) is 2. The van der Waals surface area contributed by atoms with E-state index in [9.17, 15) is 4.79 Å². The number of aliphatic imine (C=N–C) groups is 1. The molecule has 2 N–H and O–H groups in total. The molecule has 1 aromatic rings. The Morgan fingerprint density at radius 2 is 1.92 bits per heavy atom. The average molecular weight is 485 g/mol. The summed E-state index contributed by atoms with van der Waals surface area (Å²) >= 11 is 7.61. The van der Waals surface area contributed by atoms with Crippen LogP contribution in [0.15, 0.2) is 34.2 Å². The summed E-state index contributed by atoms with van der Waals surface area (Å²) < 4.78 is 0. The van der Waals surface area contributed by atoms with E-state index in [2.05, 4.69) is 15.6 Å². The topological polar surface area (TPSA) is 56.7 Å². The zero-order valence-electron chi connectivity index (χ0n) is 14.5. The summed E-state index contributed by atoms with van der Waals surface area (Å²) in [4.78, 5) is 18.7. The highest BCUT2D eigenvalue weighted by Crippen LogP contribution is 2.19. The Labute approximate surface area is 171 Å². The molecular weight excluding hydrogens is 459 g/mol. The first-order valence-corrected chi connectivity index (χ1v) is 8.88. The number of rotatable bonds is 7. The minimum Gasteiger partial charge on any atom is -0.356 e. The van der Waals surface area contributed by atoms with Crippen LogP contribution in [0.3, 0.4) is 0 Å². The molecule has 0 spiro atoms. The number of halogens is 2. The molecule has 0 radical (unpaired) electrons. The minimum absolute atomic E-state index is 0. The lowest BCUT2D eigenvalue weighted by Gasteiger charge is -2.15. The predicted octanol–water partition coefficient (Wildman–Crippen LogP) is 3.08. The lowest BCUT2D eigenvalue weighted by Crippen LogP contribution is -2.42. The molecule has 0 saturated heterocycles. The number of thioether (sulfide) groups is 1. The van der Waals surface area contributed by atoms with Crippen molar-refractivity contribution in [3.63, 3.8) is 0 Å². The summed E-state index contributed by atoms with van der Waals surface area (Å²) in [6, 6.07) is 8.03. The monoisotopic (exact) mass is 484 g/mol. The van der Waals surface area contributed by atoms with Crippen molar-refractivity contribution < 1.29 is 4.79 Å². The Morgan fingerprint density at radius 3 is 2.46 bits per heavy atom. The van der Waals surface area contributed by atoms with Gasteiger partial charge in [-0.1, -0.05) is 11.6 Å². The van der Waals surface area contributed by atoms with Gasteiger partial charge in [-0.15, -0.1) is 35.7 Å². The van der Waals surface area contributed by atoms with E-state index in [4.69, 9.17) is 11.6 Å². The molecule has 0 saturated carbocycles. The number of guanidine groups is 1. The number of nitrogens with one attached hydrogen (secondary N) is 2. The van der Waals surface area contributed by atoms with Crippen molar-refractivity contribution >= 4 is 59.2 Å². The van der Waals surface area contributed by atoms with Crippen molar-refractivity contribution in [2.75, 3.05) is 32.9 Å². The first kappa shape index (κ1) is 23.3. The molecule has 5 nitrogen and oxygen atoms in total. The molecular formula is C16H26ClIN4OS. The highest BCUT2D eigenvalue weighted by molar-refractivity contribution is 14.0. The van der Waals surface area contributed by atoms with E-state index in [0.717, 1.165) is 17.3 Å². The summed E-state index contributed by atoms with van der Waals surface area (Å²) in [6.07, 6.45) is 0. The second-order valence-corrected chi connectivity index (χ2v) is 7.09. The van der Waals surface area contributed by atoms with Gasteiger partial charge in [0, 0.05) is 42.4 Å². The standard InChI is InChI=1S/C16H25ClN4OS.HI/c1-12(2)20-16(19-11-15(22)21(3)4)18-9-10-23-14-7-5-13(17)6-8-14;/h5-8,12H,9-11H2,1-4H3,(H2,18,19,20);1H. The number of hydrogen-bond acceptors (Lipinski definition) is 3. The maximum Gasteiger partial charge on any atom is 0.243 e. The molecule has 0 aliphatic rings. The van der Waals surface area contributed by atoms with Gasteiger partial charge in [-0.2, -0.15) is 0 Å². The molecule has 0 aromatic heterocycles. The van der Waals surface area contributed by atoms with Gasteiger partial charge in [0.2, 0.25) is 5.91 Å². The molecule has 0 unspecified atom stereocenters. The fourth-order valence-electron chi connectivity index (χ4n) is 1.58. The van der Waals surface area contributed by atoms with Gasteiger partial charge in [-0.3, -0.25) is 4.79 Å². The normalized spacial score (nSPS) is 11.0. The minimum atomic E-state index is -0.0228. The van der Waals surface area contributed by atoms with Crippen LogP contribution in [0.4, 0.5) is 0 Å². The van der Waals surface area contributed by atoms with Gasteiger partial charge in [0.25, 0.3) is 0 Å². The zero-order valence-corrected chi connectivity index (χ0v) is 18.4. The van der Waals surface area contributed by atoms with Crippen molar-refractivity contribution in [3.8, 4) is 0 Å². The fraction of sp³-hybridized carbons (Fsp3) is 0.500. The second kappa shape index (κ2) is 12.7. The fourth-order valence-corrected chi connectivity index (χ4v) is 2.48. The van der Waals surface area contributed by atoms with Crippen molar-refractivity contribution in [2.24, 2.45) is 4.99 Å². The van der Waals surface area contributed by atoms with Gasteiger partial charge < -0.3 is 15.5 Å². The molecule has 1 amide bonds. The molecule has 0 atom stereocenters. The number of carbonyl (C=O) groups is 1. The molecule has 0 aliphatic carbocycles. The smallest absolute Gasteiger partial charge is 0.243 e. The number of amides is 1. The van der Waals surface area contributed by atoms with Gasteiger partial charge in [0.05, 0.1) is 0 Å². The lowest BCUT2D eigenvalue weighted by molar-refractivity contribution is -0.127. The highest BCUT2D eigenvalue weighted by Gasteiger charge is 2.05. The third-order valence-corrected chi connectivity index (χ3v) is 4.04. The van der Waals surface area contributed by atoms with Crippen molar-refractivity contribution in [1.82, 2.24) is 15.5 Å². The molecule has 0 heterocycles. The van der Waals surface area contributed by atoms with Crippen LogP contribution < -0.4 is 10.6 Å². The van der Waals surface area contributed by atoms with Gasteiger partial charge in [-0.05, 0) is 38.1 Å². The third-order valence-electron chi connectivity index (χ3n) is 2.77. The van der Waals surface area contributed by atoms with Crippen LogP contribution in [0.1, 0.15) is 13.8 Å². The molecule has 0 aliphatic heterocycles. The van der Waals surface area contributed by atoms with Crippen molar-refractivity contribution in [2.45, 2.75) is 24.8 Å². The number of benzene rings is 1. The van der Waals surface area contributed by atoms with Gasteiger partial charge in [0.15, 0.2) is 5.96 Å². The van der Waals surface area contributed by atoms with E-state index in [0.29, 0.717) is 5.96 Å². The van der Waals surface area contributed by atoms with Crippen LogP contribution >= 0.6 is 47.3 Å². The van der Waals surface area contributed by atoms with E-state index in [1.807, 2.05) is 38.1 Å².